The molecular weight excluding hydrogens is 304 g/mol. The predicted molar refractivity (Wildman–Crippen MR) is 91.3 cm³/mol. The van der Waals surface area contributed by atoms with Crippen molar-refractivity contribution in [2.75, 3.05) is 6.61 Å². The van der Waals surface area contributed by atoms with E-state index < -0.39 is 0 Å². The fourth-order valence-electron chi connectivity index (χ4n) is 2.93. The molecule has 2 N–H and O–H groups in total. The lowest BCUT2D eigenvalue weighted by molar-refractivity contribution is -0.121. The summed E-state index contributed by atoms with van der Waals surface area (Å²) in [6, 6.07) is 9.85. The van der Waals surface area contributed by atoms with Crippen molar-refractivity contribution in [3.8, 4) is 11.3 Å². The number of hydrogen-bond donors (Lipinski definition) is 2. The number of carbonyl (C=O) groups excluding carboxylic acids is 1. The number of amides is 1. The van der Waals surface area contributed by atoms with Gasteiger partial charge in [-0.15, -0.1) is 0 Å². The first-order chi connectivity index (χ1) is 11.7. The Balaban J connectivity index is 1.54. The van der Waals surface area contributed by atoms with Crippen LogP contribution in [0.4, 0.5) is 0 Å². The number of hydrogen-bond acceptors (Lipinski definition) is 4. The molecule has 1 amide bonds. The number of nitrogens with one attached hydrogen (secondary N) is 1. The Labute approximate surface area is 141 Å². The summed E-state index contributed by atoms with van der Waals surface area (Å²) < 4.78 is 5.82. The molecule has 0 saturated heterocycles. The van der Waals surface area contributed by atoms with Crippen molar-refractivity contribution < 1.29 is 14.3 Å². The van der Waals surface area contributed by atoms with Gasteiger partial charge in [0.05, 0.1) is 5.69 Å². The number of aliphatic hydroxyl groups excluding tert-OH is 1. The highest BCUT2D eigenvalue weighted by atomic mass is 16.4. The number of oxazole rings is 1. The highest BCUT2D eigenvalue weighted by Gasteiger charge is 2.20. The summed E-state index contributed by atoms with van der Waals surface area (Å²) in [4.78, 5) is 16.5. The summed E-state index contributed by atoms with van der Waals surface area (Å²) in [5.74, 6) is 1.46. The van der Waals surface area contributed by atoms with Gasteiger partial charge in [0.1, 0.15) is 0 Å². The number of aryl methyl sites for hydroxylation is 2. The third-order valence-corrected chi connectivity index (χ3v) is 4.20. The van der Waals surface area contributed by atoms with Gasteiger partial charge in [-0.2, -0.15) is 0 Å². The van der Waals surface area contributed by atoms with Crippen molar-refractivity contribution in [1.29, 1.82) is 0 Å². The number of carbonyl (C=O) groups is 1. The first-order valence-corrected chi connectivity index (χ1v) is 8.26. The molecule has 1 aliphatic carbocycles. The van der Waals surface area contributed by atoms with Crippen LogP contribution in [0, 0.1) is 12.8 Å². The highest BCUT2D eigenvalue weighted by molar-refractivity contribution is 5.76. The molecule has 0 fully saturated rings. The van der Waals surface area contributed by atoms with Crippen LogP contribution in [0.1, 0.15) is 24.4 Å². The van der Waals surface area contributed by atoms with Gasteiger partial charge in [0.15, 0.2) is 11.7 Å². The van der Waals surface area contributed by atoms with Gasteiger partial charge < -0.3 is 14.8 Å². The smallest absolute Gasteiger partial charge is 0.220 e. The van der Waals surface area contributed by atoms with Gasteiger partial charge >= 0.3 is 0 Å². The second-order valence-electron chi connectivity index (χ2n) is 6.13. The van der Waals surface area contributed by atoms with Gasteiger partial charge in [-0.25, -0.2) is 4.98 Å². The lowest BCUT2D eigenvalue weighted by Gasteiger charge is -2.12. The normalized spacial score (nSPS) is 19.6. The van der Waals surface area contributed by atoms with E-state index in [-0.39, 0.29) is 24.5 Å². The fraction of sp³-hybridized carbons (Fsp3) is 0.368. The molecule has 1 aromatic carbocycles. The molecule has 24 heavy (non-hydrogen) atoms. The minimum atomic E-state index is -0.0275. The molecule has 0 bridgehead atoms. The Hall–Kier alpha value is -2.40. The monoisotopic (exact) mass is 326 g/mol. The van der Waals surface area contributed by atoms with Gasteiger partial charge in [0.2, 0.25) is 5.91 Å². The van der Waals surface area contributed by atoms with Crippen LogP contribution in [0.15, 0.2) is 46.9 Å². The molecule has 0 unspecified atom stereocenters. The fourth-order valence-corrected chi connectivity index (χ4v) is 2.93. The average Bonchev–Trinajstić information content (AvgIpc) is 3.20. The summed E-state index contributed by atoms with van der Waals surface area (Å²) in [6.07, 6.45) is 5.47. The molecule has 5 heteroatoms. The first kappa shape index (κ1) is 16.5. The van der Waals surface area contributed by atoms with Gasteiger partial charge in [-0.3, -0.25) is 4.79 Å². The molecule has 2 aromatic rings. The molecule has 0 aliphatic heterocycles. The van der Waals surface area contributed by atoms with Crippen LogP contribution < -0.4 is 5.32 Å². The second-order valence-corrected chi connectivity index (χ2v) is 6.13. The summed E-state index contributed by atoms with van der Waals surface area (Å²) in [5, 5.41) is 12.1. The number of benzene rings is 1. The molecule has 0 spiro atoms. The number of aromatic nitrogens is 1. The Kier molecular flexibility index (Phi) is 5.11. The van der Waals surface area contributed by atoms with E-state index in [1.807, 2.05) is 49.4 Å². The van der Waals surface area contributed by atoms with Crippen molar-refractivity contribution >= 4 is 5.91 Å². The number of rotatable bonds is 6. The van der Waals surface area contributed by atoms with E-state index in [1.165, 1.54) is 0 Å². The molecule has 1 aromatic heterocycles. The zero-order chi connectivity index (χ0) is 16.9. The zero-order valence-corrected chi connectivity index (χ0v) is 13.7. The number of nitrogens with zero attached hydrogens (tertiary/aromatic N) is 1. The van der Waals surface area contributed by atoms with Crippen LogP contribution in [0.5, 0.6) is 0 Å². The van der Waals surface area contributed by atoms with Gasteiger partial charge in [-0.1, -0.05) is 42.5 Å². The standard InChI is InChI=1S/C19H22N2O3/c1-13-19(15-5-3-2-4-6-15)24-18(20-13)10-9-17(23)21-16-8-7-14(11-16)12-22/h2-8,14,16,22H,9-12H2,1H3,(H,21,23)/t14-,16+/m0/s1. The van der Waals surface area contributed by atoms with Crippen LogP contribution in [-0.4, -0.2) is 28.6 Å². The maximum absolute atomic E-state index is 12.1. The molecule has 1 heterocycles. The maximum atomic E-state index is 12.1. The third-order valence-electron chi connectivity index (χ3n) is 4.20. The minimum absolute atomic E-state index is 0.0147. The van der Waals surface area contributed by atoms with E-state index in [2.05, 4.69) is 10.3 Å². The molecule has 3 rings (SSSR count). The van der Waals surface area contributed by atoms with E-state index in [1.54, 1.807) is 0 Å². The van der Waals surface area contributed by atoms with Gasteiger partial charge in [-0.05, 0) is 13.3 Å². The SMILES string of the molecule is Cc1nc(CCC(=O)N[C@@H]2C=C[C@H](CO)C2)oc1-c1ccccc1. The quantitative estimate of drug-likeness (QED) is 0.800. The van der Waals surface area contributed by atoms with Crippen LogP contribution >= 0.6 is 0 Å². The van der Waals surface area contributed by atoms with E-state index in [9.17, 15) is 4.79 Å². The minimum Gasteiger partial charge on any atom is -0.440 e. The molecule has 2 atom stereocenters. The van der Waals surface area contributed by atoms with Crippen LogP contribution in [0.25, 0.3) is 11.3 Å². The van der Waals surface area contributed by atoms with E-state index in [0.29, 0.717) is 18.7 Å². The first-order valence-electron chi connectivity index (χ1n) is 8.26. The lowest BCUT2D eigenvalue weighted by atomic mass is 10.1. The Morgan fingerprint density at radius 1 is 1.33 bits per heavy atom. The molecule has 5 nitrogen and oxygen atoms in total. The Morgan fingerprint density at radius 3 is 2.83 bits per heavy atom. The predicted octanol–water partition coefficient (Wildman–Crippen LogP) is 2.64. The number of aliphatic hydroxyl groups is 1. The summed E-state index contributed by atoms with van der Waals surface area (Å²) >= 11 is 0. The Morgan fingerprint density at radius 2 is 2.12 bits per heavy atom. The summed E-state index contributed by atoms with van der Waals surface area (Å²) in [5.41, 5.74) is 1.82. The molecule has 0 radical (unpaired) electrons. The van der Waals surface area contributed by atoms with Gasteiger partial charge in [0, 0.05) is 37.0 Å². The zero-order valence-electron chi connectivity index (χ0n) is 13.7. The largest absolute Gasteiger partial charge is 0.440 e. The lowest BCUT2D eigenvalue weighted by Crippen LogP contribution is -2.33. The van der Waals surface area contributed by atoms with Gasteiger partial charge in [0.25, 0.3) is 0 Å². The Bertz CT molecular complexity index is 721. The molecule has 126 valence electrons. The van der Waals surface area contributed by atoms with Crippen LogP contribution in [0.3, 0.4) is 0 Å². The molecular formula is C19H22N2O3. The van der Waals surface area contributed by atoms with E-state index in [4.69, 9.17) is 9.52 Å². The van der Waals surface area contributed by atoms with Crippen LogP contribution in [-0.2, 0) is 11.2 Å². The van der Waals surface area contributed by atoms with Crippen LogP contribution in [0.2, 0.25) is 0 Å². The maximum Gasteiger partial charge on any atom is 0.220 e. The van der Waals surface area contributed by atoms with Crippen molar-refractivity contribution in [1.82, 2.24) is 10.3 Å². The highest BCUT2D eigenvalue weighted by Crippen LogP contribution is 2.24. The molecule has 1 aliphatic rings. The summed E-state index contributed by atoms with van der Waals surface area (Å²) in [7, 11) is 0. The van der Waals surface area contributed by atoms with Crippen molar-refractivity contribution in [2.45, 2.75) is 32.2 Å². The third kappa shape index (κ3) is 3.92. The van der Waals surface area contributed by atoms with Crippen molar-refractivity contribution in [3.05, 3.63) is 54.1 Å². The summed E-state index contributed by atoms with van der Waals surface area (Å²) in [6.45, 7) is 2.04. The topological polar surface area (TPSA) is 75.4 Å². The second kappa shape index (κ2) is 7.45. The van der Waals surface area contributed by atoms with Crippen molar-refractivity contribution in [2.24, 2.45) is 5.92 Å². The van der Waals surface area contributed by atoms with Crippen molar-refractivity contribution in [3.63, 3.8) is 0 Å². The molecule has 0 saturated carbocycles. The van der Waals surface area contributed by atoms with E-state index in [0.717, 1.165) is 23.4 Å². The van der Waals surface area contributed by atoms with E-state index >= 15 is 0 Å². The average molecular weight is 326 g/mol.